The van der Waals surface area contributed by atoms with Crippen LogP contribution in [-0.4, -0.2) is 11.5 Å². The Morgan fingerprint density at radius 2 is 1.06 bits per heavy atom. The van der Waals surface area contributed by atoms with Crippen LogP contribution in [0.3, 0.4) is 0 Å². The number of benzene rings is 2. The van der Waals surface area contributed by atoms with Crippen LogP contribution in [0.25, 0.3) is 0 Å². The highest BCUT2D eigenvalue weighted by Gasteiger charge is 2.22. The second-order valence-corrected chi connectivity index (χ2v) is 9.19. The standard InChI is InChI=1S/C13H13Cl2NP2/c1-16(17(14)12-8-4-2-5-9-12)18(15)13-10-6-3-7-11-13/h2-11H,1H3. The molecular weight excluding hydrogens is 303 g/mol. The number of nitrogens with zero attached hydrogens (tertiary/aromatic N) is 1. The quantitative estimate of drug-likeness (QED) is 0.741. The van der Waals surface area contributed by atoms with Gasteiger partial charge in [-0.1, -0.05) is 83.1 Å². The first-order valence-electron chi connectivity index (χ1n) is 5.45. The first kappa shape index (κ1) is 14.3. The molecular formula is C13H13Cl2NP2. The largest absolute Gasteiger partial charge is 0.230 e. The molecule has 0 heterocycles. The van der Waals surface area contributed by atoms with Crippen LogP contribution in [0, 0.1) is 0 Å². The topological polar surface area (TPSA) is 3.24 Å². The van der Waals surface area contributed by atoms with Crippen molar-refractivity contribution < 1.29 is 0 Å². The monoisotopic (exact) mass is 315 g/mol. The summed E-state index contributed by atoms with van der Waals surface area (Å²) < 4.78 is 2.07. The van der Waals surface area contributed by atoms with Crippen molar-refractivity contribution >= 4 is 47.9 Å². The van der Waals surface area contributed by atoms with Crippen molar-refractivity contribution in [3.05, 3.63) is 60.7 Å². The fraction of sp³-hybridized carbons (Fsp3) is 0.0769. The van der Waals surface area contributed by atoms with E-state index in [9.17, 15) is 0 Å². The van der Waals surface area contributed by atoms with Crippen LogP contribution in [-0.2, 0) is 0 Å². The molecule has 0 saturated carbocycles. The summed E-state index contributed by atoms with van der Waals surface area (Å²) in [6.07, 6.45) is 0. The summed E-state index contributed by atoms with van der Waals surface area (Å²) in [6, 6.07) is 20.1. The summed E-state index contributed by atoms with van der Waals surface area (Å²) in [6.45, 7) is 0. The fourth-order valence-electron chi connectivity index (χ4n) is 1.51. The van der Waals surface area contributed by atoms with E-state index in [0.29, 0.717) is 0 Å². The van der Waals surface area contributed by atoms with Crippen LogP contribution in [0.1, 0.15) is 0 Å². The third-order valence-corrected chi connectivity index (χ3v) is 9.15. The molecule has 0 aliphatic rings. The maximum Gasteiger partial charge on any atom is 0.0991 e. The Bertz CT molecular complexity index is 435. The van der Waals surface area contributed by atoms with Crippen molar-refractivity contribution in [3.8, 4) is 0 Å². The molecule has 0 spiro atoms. The average Bonchev–Trinajstić information content (AvgIpc) is 2.47. The summed E-state index contributed by atoms with van der Waals surface area (Å²) in [5.74, 6) is 0. The van der Waals surface area contributed by atoms with Gasteiger partial charge in [0.2, 0.25) is 0 Å². The smallest absolute Gasteiger partial charge is 0.0991 e. The lowest BCUT2D eigenvalue weighted by atomic mass is 10.4. The Morgan fingerprint density at radius 3 is 1.39 bits per heavy atom. The van der Waals surface area contributed by atoms with Crippen LogP contribution in [0.5, 0.6) is 0 Å². The lowest BCUT2D eigenvalue weighted by Crippen LogP contribution is -2.14. The van der Waals surface area contributed by atoms with Crippen LogP contribution < -0.4 is 10.6 Å². The first-order chi connectivity index (χ1) is 8.70. The summed E-state index contributed by atoms with van der Waals surface area (Å²) in [7, 11) is 0.189. The molecule has 2 aromatic carbocycles. The highest BCUT2D eigenvalue weighted by molar-refractivity contribution is 8.00. The van der Waals surface area contributed by atoms with Gasteiger partial charge in [-0.25, -0.2) is 4.44 Å². The van der Waals surface area contributed by atoms with Gasteiger partial charge in [-0.2, -0.15) is 0 Å². The zero-order valence-corrected chi connectivity index (χ0v) is 13.2. The van der Waals surface area contributed by atoms with Gasteiger partial charge < -0.3 is 0 Å². The maximum atomic E-state index is 6.52. The predicted molar refractivity (Wildman–Crippen MR) is 85.5 cm³/mol. The molecule has 2 aromatic rings. The minimum absolute atomic E-state index is 0.897. The van der Waals surface area contributed by atoms with E-state index in [1.807, 2.05) is 67.7 Å². The predicted octanol–water partition coefficient (Wildman–Crippen LogP) is 4.67. The maximum absolute atomic E-state index is 6.52. The highest BCUT2D eigenvalue weighted by Crippen LogP contribution is 2.59. The Hall–Kier alpha value is -0.160. The van der Waals surface area contributed by atoms with Crippen LogP contribution in [0.2, 0.25) is 0 Å². The van der Waals surface area contributed by atoms with Crippen LogP contribution in [0.4, 0.5) is 0 Å². The van der Waals surface area contributed by atoms with Gasteiger partial charge in [-0.3, -0.25) is 0 Å². The van der Waals surface area contributed by atoms with E-state index in [0.717, 1.165) is 10.6 Å². The van der Waals surface area contributed by atoms with Crippen molar-refractivity contribution in [1.82, 2.24) is 4.44 Å². The van der Waals surface area contributed by atoms with Gasteiger partial charge >= 0.3 is 0 Å². The van der Waals surface area contributed by atoms with E-state index in [1.165, 1.54) is 0 Å². The molecule has 0 N–H and O–H groups in total. The molecule has 0 aliphatic carbocycles. The van der Waals surface area contributed by atoms with E-state index >= 15 is 0 Å². The minimum Gasteiger partial charge on any atom is -0.230 e. The molecule has 0 bridgehead atoms. The highest BCUT2D eigenvalue weighted by atomic mass is 35.7. The van der Waals surface area contributed by atoms with Gasteiger partial charge in [-0.05, 0) is 7.05 Å². The molecule has 18 heavy (non-hydrogen) atoms. The van der Waals surface area contributed by atoms with Crippen LogP contribution >= 0.6 is 37.3 Å². The number of hydrogen-bond donors (Lipinski definition) is 0. The molecule has 0 amide bonds. The zero-order chi connectivity index (χ0) is 13.0. The van der Waals surface area contributed by atoms with Gasteiger partial charge in [0.1, 0.15) is 0 Å². The second kappa shape index (κ2) is 6.85. The lowest BCUT2D eigenvalue weighted by molar-refractivity contribution is 0.922. The van der Waals surface area contributed by atoms with E-state index in [4.69, 9.17) is 22.5 Å². The van der Waals surface area contributed by atoms with Gasteiger partial charge in [0.25, 0.3) is 0 Å². The Labute approximate surface area is 120 Å². The molecule has 2 rings (SSSR count). The fourth-order valence-corrected chi connectivity index (χ4v) is 6.39. The van der Waals surface area contributed by atoms with Crippen molar-refractivity contribution in [2.45, 2.75) is 0 Å². The van der Waals surface area contributed by atoms with E-state index in [1.54, 1.807) is 0 Å². The molecule has 2 unspecified atom stereocenters. The van der Waals surface area contributed by atoms with E-state index < -0.39 is 14.9 Å². The molecule has 1 nitrogen and oxygen atoms in total. The molecule has 0 radical (unpaired) electrons. The SMILES string of the molecule is CN(P(Cl)c1ccccc1)P(Cl)c1ccccc1. The summed E-state index contributed by atoms with van der Waals surface area (Å²) in [5, 5.41) is 2.25. The van der Waals surface area contributed by atoms with E-state index in [2.05, 4.69) is 4.44 Å². The van der Waals surface area contributed by atoms with Crippen molar-refractivity contribution in [3.63, 3.8) is 0 Å². The molecule has 0 aromatic heterocycles. The molecule has 0 fully saturated rings. The number of halogens is 2. The number of rotatable bonds is 4. The molecule has 2 atom stereocenters. The lowest BCUT2D eigenvalue weighted by Gasteiger charge is -2.26. The van der Waals surface area contributed by atoms with Crippen LogP contribution in [0.15, 0.2) is 60.7 Å². The average molecular weight is 316 g/mol. The first-order valence-corrected chi connectivity index (χ1v) is 9.85. The molecule has 94 valence electrons. The van der Waals surface area contributed by atoms with Crippen molar-refractivity contribution in [2.75, 3.05) is 7.05 Å². The molecule has 5 heteroatoms. The molecule has 0 aliphatic heterocycles. The van der Waals surface area contributed by atoms with E-state index in [-0.39, 0.29) is 0 Å². The Balaban J connectivity index is 2.14. The van der Waals surface area contributed by atoms with Gasteiger partial charge in [0, 0.05) is 10.6 Å². The Morgan fingerprint density at radius 1 is 0.722 bits per heavy atom. The summed E-state index contributed by atoms with van der Waals surface area (Å²) >= 11 is 13.0. The van der Waals surface area contributed by atoms with Gasteiger partial charge in [0.05, 0.1) is 14.9 Å². The normalized spacial score (nSPS) is 14.4. The third kappa shape index (κ3) is 3.44. The van der Waals surface area contributed by atoms with Gasteiger partial charge in [0.15, 0.2) is 0 Å². The summed E-state index contributed by atoms with van der Waals surface area (Å²) in [4.78, 5) is 0. The Kier molecular flexibility index (Phi) is 5.42. The zero-order valence-electron chi connectivity index (χ0n) is 9.87. The van der Waals surface area contributed by atoms with Crippen molar-refractivity contribution in [2.24, 2.45) is 0 Å². The summed E-state index contributed by atoms with van der Waals surface area (Å²) in [5.41, 5.74) is 0. The number of hydrogen-bond acceptors (Lipinski definition) is 1. The van der Waals surface area contributed by atoms with Gasteiger partial charge in [-0.15, -0.1) is 0 Å². The van der Waals surface area contributed by atoms with Crippen molar-refractivity contribution in [1.29, 1.82) is 0 Å². The second-order valence-electron chi connectivity index (χ2n) is 3.68. The molecule has 0 saturated heterocycles. The third-order valence-electron chi connectivity index (χ3n) is 2.45. The minimum atomic E-state index is -0.897.